The molecule has 2 aliphatic carbocycles. The molecule has 6 atom stereocenters. The van der Waals surface area contributed by atoms with Crippen molar-refractivity contribution < 1.29 is 14.2 Å². The number of ether oxygens (including phenoxy) is 1. The fraction of sp³-hybridized carbons (Fsp3) is 0.680. The molecule has 0 saturated heterocycles. The van der Waals surface area contributed by atoms with Crippen LogP contribution in [0.3, 0.4) is 0 Å². The molecule has 1 aromatic carbocycles. The lowest BCUT2D eigenvalue weighted by molar-refractivity contribution is -0.102. The Balaban J connectivity index is 1.45. The zero-order chi connectivity index (χ0) is 22.2. The first-order valence-electron chi connectivity index (χ1n) is 11.7. The first kappa shape index (κ1) is 22.6. The van der Waals surface area contributed by atoms with Gasteiger partial charge in [-0.3, -0.25) is 0 Å². The molecule has 6 heteroatoms. The Kier molecular flexibility index (Phi) is 6.61. The summed E-state index contributed by atoms with van der Waals surface area (Å²) < 4.78 is 20.9. The number of likely N-dealkylation sites (N-methyl/N-ethyl adjacent to an activating group) is 1. The van der Waals surface area contributed by atoms with E-state index in [2.05, 4.69) is 31.2 Å². The minimum absolute atomic E-state index is 0.181. The molecule has 0 amide bonds. The molecule has 1 heterocycles. The van der Waals surface area contributed by atoms with E-state index in [0.717, 1.165) is 43.7 Å². The zero-order valence-electron chi connectivity index (χ0n) is 19.1. The summed E-state index contributed by atoms with van der Waals surface area (Å²) >= 11 is 0. The Morgan fingerprint density at radius 1 is 1.35 bits per heavy atom. The fourth-order valence-corrected chi connectivity index (χ4v) is 6.24. The number of hydrogen-bond acceptors (Lipinski definition) is 5. The molecule has 0 radical (unpaired) electrons. The van der Waals surface area contributed by atoms with Crippen LogP contribution < -0.4 is 11.1 Å². The van der Waals surface area contributed by atoms with E-state index in [1.54, 1.807) is 6.07 Å². The molecule has 2 saturated carbocycles. The van der Waals surface area contributed by atoms with Gasteiger partial charge in [0, 0.05) is 23.9 Å². The second-order valence-electron chi connectivity index (χ2n) is 10.4. The van der Waals surface area contributed by atoms with Crippen molar-refractivity contribution in [3.8, 4) is 0 Å². The lowest BCUT2D eigenvalue weighted by atomic mass is 9.58. The Hall–Kier alpha value is -1.63. The lowest BCUT2D eigenvalue weighted by Gasteiger charge is -2.50. The van der Waals surface area contributed by atoms with Crippen molar-refractivity contribution >= 4 is 5.70 Å². The van der Waals surface area contributed by atoms with Gasteiger partial charge < -0.3 is 25.8 Å². The molecule has 2 bridgehead atoms. The third-order valence-corrected chi connectivity index (χ3v) is 7.83. The summed E-state index contributed by atoms with van der Waals surface area (Å²) in [7, 11) is 4.13. The highest BCUT2D eigenvalue weighted by Crippen LogP contribution is 2.52. The number of hydrogen-bond donors (Lipinski definition) is 3. The van der Waals surface area contributed by atoms with Gasteiger partial charge in [-0.15, -0.1) is 0 Å². The van der Waals surface area contributed by atoms with Gasteiger partial charge in [0.25, 0.3) is 0 Å². The third-order valence-electron chi connectivity index (χ3n) is 7.83. The third kappa shape index (κ3) is 4.62. The van der Waals surface area contributed by atoms with E-state index in [4.69, 9.17) is 10.5 Å². The Labute approximate surface area is 185 Å². The van der Waals surface area contributed by atoms with Crippen LogP contribution >= 0.6 is 0 Å². The molecule has 4 rings (SSSR count). The number of benzene rings is 1. The molecule has 3 aliphatic rings. The average molecular weight is 432 g/mol. The summed E-state index contributed by atoms with van der Waals surface area (Å²) in [5.74, 6) is 0.903. The topological polar surface area (TPSA) is 70.8 Å². The van der Waals surface area contributed by atoms with Crippen molar-refractivity contribution in [2.45, 2.75) is 63.7 Å². The van der Waals surface area contributed by atoms with Gasteiger partial charge >= 0.3 is 0 Å². The number of nitrogens with two attached hydrogens (primary N) is 1. The monoisotopic (exact) mass is 431 g/mol. The summed E-state index contributed by atoms with van der Waals surface area (Å²) in [5.41, 5.74) is 7.76. The predicted molar refractivity (Wildman–Crippen MR) is 122 cm³/mol. The van der Waals surface area contributed by atoms with Crippen LogP contribution in [-0.4, -0.2) is 49.5 Å². The second kappa shape index (κ2) is 9.08. The molecule has 1 aromatic rings. The van der Waals surface area contributed by atoms with E-state index >= 15 is 0 Å². The van der Waals surface area contributed by atoms with Gasteiger partial charge in [0.1, 0.15) is 5.82 Å². The van der Waals surface area contributed by atoms with E-state index in [9.17, 15) is 9.50 Å². The maximum absolute atomic E-state index is 14.6. The van der Waals surface area contributed by atoms with E-state index in [1.165, 1.54) is 25.1 Å². The van der Waals surface area contributed by atoms with E-state index < -0.39 is 6.10 Å². The first-order valence-corrected chi connectivity index (χ1v) is 11.7. The van der Waals surface area contributed by atoms with Crippen molar-refractivity contribution in [3.05, 3.63) is 41.3 Å². The van der Waals surface area contributed by atoms with Gasteiger partial charge in [-0.1, -0.05) is 19.1 Å². The SMILES string of the molecule is CN(C)CCOC1CCC2CC1CC(C)(C(O)CC1N/C(=C\N)c3cccc(F)c31)C2. The molecular formula is C25H38FN3O2. The maximum Gasteiger partial charge on any atom is 0.129 e. The number of fused-ring (bicyclic) bond motifs is 3. The van der Waals surface area contributed by atoms with Crippen molar-refractivity contribution in [3.63, 3.8) is 0 Å². The highest BCUT2D eigenvalue weighted by atomic mass is 19.1. The number of aliphatic hydroxyl groups excluding tert-OH is 1. The van der Waals surface area contributed by atoms with Crippen LogP contribution in [0.25, 0.3) is 5.70 Å². The smallest absolute Gasteiger partial charge is 0.129 e. The second-order valence-corrected chi connectivity index (χ2v) is 10.4. The van der Waals surface area contributed by atoms with Crippen LogP contribution in [0.2, 0.25) is 0 Å². The molecule has 172 valence electrons. The maximum atomic E-state index is 14.6. The van der Waals surface area contributed by atoms with Crippen molar-refractivity contribution in [2.75, 3.05) is 27.2 Å². The normalized spacial score (nSPS) is 34.6. The van der Waals surface area contributed by atoms with Crippen molar-refractivity contribution in [1.82, 2.24) is 10.2 Å². The van der Waals surface area contributed by atoms with Crippen LogP contribution in [0, 0.1) is 23.1 Å². The van der Waals surface area contributed by atoms with Crippen LogP contribution in [0.4, 0.5) is 4.39 Å². The van der Waals surface area contributed by atoms with Crippen molar-refractivity contribution in [1.29, 1.82) is 0 Å². The fourth-order valence-electron chi connectivity index (χ4n) is 6.24. The standard InChI is InChI=1S/C25H38FN3O2/c1-25(13-16-7-8-22(17(11-16)14-25)31-10-9-29(2)3)23(30)12-20-24-18(21(15-27)28-20)5-4-6-19(24)26/h4-6,15-17,20,22-23,28,30H,7-14,27H2,1-3H3/b21-15-. The Morgan fingerprint density at radius 3 is 2.90 bits per heavy atom. The highest BCUT2D eigenvalue weighted by molar-refractivity contribution is 5.71. The first-order chi connectivity index (χ1) is 14.8. The molecule has 5 nitrogen and oxygen atoms in total. The summed E-state index contributed by atoms with van der Waals surface area (Å²) in [6.45, 7) is 3.91. The molecule has 6 unspecified atom stereocenters. The predicted octanol–water partition coefficient (Wildman–Crippen LogP) is 3.64. The average Bonchev–Trinajstić information content (AvgIpc) is 3.08. The van der Waals surface area contributed by atoms with E-state index in [-0.39, 0.29) is 23.4 Å². The molecule has 2 fully saturated rings. The van der Waals surface area contributed by atoms with Crippen molar-refractivity contribution in [2.24, 2.45) is 23.0 Å². The van der Waals surface area contributed by atoms with Gasteiger partial charge in [-0.25, -0.2) is 4.39 Å². The Bertz CT molecular complexity index is 814. The Morgan fingerprint density at radius 2 is 2.16 bits per heavy atom. The minimum Gasteiger partial charge on any atom is -0.403 e. The number of nitrogens with one attached hydrogen (secondary N) is 1. The van der Waals surface area contributed by atoms with Gasteiger partial charge in [0.05, 0.1) is 30.6 Å². The molecular weight excluding hydrogens is 393 g/mol. The number of nitrogens with zero attached hydrogens (tertiary/aromatic N) is 1. The van der Waals surface area contributed by atoms with Crippen LogP contribution in [0.1, 0.15) is 62.6 Å². The summed E-state index contributed by atoms with van der Waals surface area (Å²) in [4.78, 5) is 2.15. The van der Waals surface area contributed by atoms with Crippen LogP contribution in [-0.2, 0) is 4.74 Å². The minimum atomic E-state index is -0.514. The largest absolute Gasteiger partial charge is 0.403 e. The number of rotatable bonds is 7. The quantitative estimate of drug-likeness (QED) is 0.615. The summed E-state index contributed by atoms with van der Waals surface area (Å²) in [5, 5.41) is 14.7. The van der Waals surface area contributed by atoms with E-state index in [0.29, 0.717) is 23.8 Å². The summed E-state index contributed by atoms with van der Waals surface area (Å²) in [6, 6.07) is 4.82. The van der Waals surface area contributed by atoms with Crippen LogP contribution in [0.5, 0.6) is 0 Å². The van der Waals surface area contributed by atoms with Crippen LogP contribution in [0.15, 0.2) is 24.4 Å². The number of halogens is 1. The number of aliphatic hydroxyl groups is 1. The molecule has 0 aromatic heterocycles. The summed E-state index contributed by atoms with van der Waals surface area (Å²) in [6.07, 6.45) is 7.25. The molecule has 1 aliphatic heterocycles. The van der Waals surface area contributed by atoms with E-state index in [1.807, 2.05) is 6.07 Å². The van der Waals surface area contributed by atoms with Gasteiger partial charge in [-0.05, 0) is 75.9 Å². The molecule has 31 heavy (non-hydrogen) atoms. The van der Waals surface area contributed by atoms with Gasteiger partial charge in [0.15, 0.2) is 0 Å². The molecule has 0 spiro atoms. The van der Waals surface area contributed by atoms with Gasteiger partial charge in [0.2, 0.25) is 0 Å². The van der Waals surface area contributed by atoms with Gasteiger partial charge in [-0.2, -0.15) is 0 Å². The highest BCUT2D eigenvalue weighted by Gasteiger charge is 2.47. The zero-order valence-corrected chi connectivity index (χ0v) is 19.1. The lowest BCUT2D eigenvalue weighted by Crippen LogP contribution is -2.47. The molecule has 4 N–H and O–H groups in total.